The van der Waals surface area contributed by atoms with Crippen LogP contribution < -0.4 is 27.2 Å². The second-order valence-corrected chi connectivity index (χ2v) is 8.23. The highest BCUT2D eigenvalue weighted by Gasteiger charge is 2.24. The lowest BCUT2D eigenvalue weighted by atomic mass is 10.2. The summed E-state index contributed by atoms with van der Waals surface area (Å²) in [5.41, 5.74) is 6.63. The van der Waals surface area contributed by atoms with Crippen LogP contribution in [0.1, 0.15) is 19.4 Å². The van der Waals surface area contributed by atoms with Gasteiger partial charge in [0.1, 0.15) is 5.82 Å². The monoisotopic (exact) mass is 481 g/mol. The first-order valence-corrected chi connectivity index (χ1v) is 10.4. The van der Waals surface area contributed by atoms with Gasteiger partial charge in [0.2, 0.25) is 5.91 Å². The van der Waals surface area contributed by atoms with Crippen molar-refractivity contribution in [3.05, 3.63) is 49.1 Å². The molecule has 2 aromatic rings. The van der Waals surface area contributed by atoms with Gasteiger partial charge in [-0.05, 0) is 46.5 Å². The third kappa shape index (κ3) is 5.73. The lowest BCUT2D eigenvalue weighted by molar-refractivity contribution is -0.117. The van der Waals surface area contributed by atoms with Crippen LogP contribution >= 0.6 is 15.9 Å². The van der Waals surface area contributed by atoms with Crippen molar-refractivity contribution >= 4 is 39.0 Å². The average Bonchev–Trinajstić information content (AvgIpc) is 2.66. The fraction of sp³-hybridized carbons (Fsp3) is 0.450. The summed E-state index contributed by atoms with van der Waals surface area (Å²) in [5, 5.41) is 3.06. The molecule has 0 saturated carbocycles. The van der Waals surface area contributed by atoms with E-state index in [4.69, 9.17) is 10.5 Å². The Labute approximate surface area is 183 Å². The molecule has 2 rings (SSSR count). The number of nitrogens with zero attached hydrogens (tertiary/aromatic N) is 2. The van der Waals surface area contributed by atoms with Gasteiger partial charge >= 0.3 is 5.69 Å². The summed E-state index contributed by atoms with van der Waals surface area (Å²) in [5.74, 6) is -0.308. The smallest absolute Gasteiger partial charge is 0.330 e. The second kappa shape index (κ2) is 10.4. The van der Waals surface area contributed by atoms with Crippen LogP contribution in [0, 0.1) is 12.8 Å². The Bertz CT molecular complexity index is 1020. The molecule has 0 unspecified atom stereocenters. The Kier molecular flexibility index (Phi) is 8.24. The standard InChI is InChI=1S/C20H28BrN5O4/c1-12(2)11-26-18(22)17(19(28)24-20(26)29)25(7-8-30-4)16(27)10-23-15-6-5-13(3)9-14(15)21/h5-6,9,12,23H,7-8,10-11,22H2,1-4H3,(H,24,28,29). The number of carbonyl (C=O) groups excluding carboxylic acids is 1. The van der Waals surface area contributed by atoms with E-state index in [-0.39, 0.29) is 43.0 Å². The maximum atomic E-state index is 13.0. The minimum Gasteiger partial charge on any atom is -0.383 e. The molecular weight excluding hydrogens is 454 g/mol. The van der Waals surface area contributed by atoms with Gasteiger partial charge in [-0.3, -0.25) is 19.1 Å². The van der Waals surface area contributed by atoms with Crippen LogP contribution in [0.3, 0.4) is 0 Å². The molecule has 0 aliphatic rings. The molecule has 10 heteroatoms. The molecule has 9 nitrogen and oxygen atoms in total. The number of hydrogen-bond donors (Lipinski definition) is 3. The summed E-state index contributed by atoms with van der Waals surface area (Å²) in [6.07, 6.45) is 0. The van der Waals surface area contributed by atoms with Crippen molar-refractivity contribution in [1.82, 2.24) is 9.55 Å². The Morgan fingerprint density at radius 1 is 1.37 bits per heavy atom. The number of aryl methyl sites for hydroxylation is 1. The van der Waals surface area contributed by atoms with Crippen LogP contribution in [-0.2, 0) is 16.1 Å². The summed E-state index contributed by atoms with van der Waals surface area (Å²) in [4.78, 5) is 41.3. The van der Waals surface area contributed by atoms with Crippen molar-refractivity contribution in [2.24, 2.45) is 5.92 Å². The number of methoxy groups -OCH3 is 1. The molecule has 0 fully saturated rings. The molecule has 0 bridgehead atoms. The number of aromatic amines is 1. The van der Waals surface area contributed by atoms with Crippen molar-refractivity contribution in [2.75, 3.05) is 42.8 Å². The largest absolute Gasteiger partial charge is 0.383 e. The van der Waals surface area contributed by atoms with Gasteiger partial charge in [-0.2, -0.15) is 0 Å². The predicted octanol–water partition coefficient (Wildman–Crippen LogP) is 1.94. The van der Waals surface area contributed by atoms with Crippen molar-refractivity contribution < 1.29 is 9.53 Å². The Morgan fingerprint density at radius 3 is 2.67 bits per heavy atom. The van der Waals surface area contributed by atoms with Crippen LogP contribution in [0.25, 0.3) is 0 Å². The Hall–Kier alpha value is -2.59. The zero-order chi connectivity index (χ0) is 22.4. The van der Waals surface area contributed by atoms with Gasteiger partial charge in [0, 0.05) is 30.4 Å². The molecule has 0 radical (unpaired) electrons. The molecule has 1 aromatic heterocycles. The lowest BCUT2D eigenvalue weighted by Crippen LogP contribution is -2.44. The van der Waals surface area contributed by atoms with Gasteiger partial charge in [-0.15, -0.1) is 0 Å². The average molecular weight is 482 g/mol. The number of aromatic nitrogens is 2. The quantitative estimate of drug-likeness (QED) is 0.502. The Morgan fingerprint density at radius 2 is 2.07 bits per heavy atom. The molecule has 0 spiro atoms. The van der Waals surface area contributed by atoms with E-state index in [2.05, 4.69) is 26.2 Å². The van der Waals surface area contributed by atoms with Gasteiger partial charge in [0.15, 0.2) is 5.69 Å². The summed E-state index contributed by atoms with van der Waals surface area (Å²) in [6.45, 7) is 6.36. The number of H-pyrrole nitrogens is 1. The number of amides is 1. The summed E-state index contributed by atoms with van der Waals surface area (Å²) in [6, 6.07) is 5.71. The zero-order valence-corrected chi connectivity index (χ0v) is 19.2. The van der Waals surface area contributed by atoms with Gasteiger partial charge in [0.25, 0.3) is 5.56 Å². The van der Waals surface area contributed by atoms with E-state index in [9.17, 15) is 14.4 Å². The van der Waals surface area contributed by atoms with E-state index in [1.807, 2.05) is 39.0 Å². The number of anilines is 3. The molecule has 1 heterocycles. The number of benzene rings is 1. The Balaban J connectivity index is 2.38. The summed E-state index contributed by atoms with van der Waals surface area (Å²) < 4.78 is 7.19. The predicted molar refractivity (Wildman–Crippen MR) is 122 cm³/mol. The lowest BCUT2D eigenvalue weighted by Gasteiger charge is -2.25. The topological polar surface area (TPSA) is 122 Å². The van der Waals surface area contributed by atoms with Crippen molar-refractivity contribution in [3.8, 4) is 0 Å². The number of nitrogens with one attached hydrogen (secondary N) is 2. The SMILES string of the molecule is COCCN(C(=O)CNc1ccc(C)cc1Br)c1c(N)n(CC(C)C)c(=O)[nH]c1=O. The van der Waals surface area contributed by atoms with Gasteiger partial charge < -0.3 is 20.7 Å². The first-order chi connectivity index (χ1) is 14.1. The van der Waals surface area contributed by atoms with Gasteiger partial charge in [-0.1, -0.05) is 19.9 Å². The molecule has 164 valence electrons. The van der Waals surface area contributed by atoms with E-state index < -0.39 is 11.2 Å². The van der Waals surface area contributed by atoms with Crippen LogP contribution in [0.4, 0.5) is 17.2 Å². The van der Waals surface area contributed by atoms with E-state index in [1.54, 1.807) is 0 Å². The maximum Gasteiger partial charge on any atom is 0.330 e. The summed E-state index contributed by atoms with van der Waals surface area (Å²) >= 11 is 3.46. The summed E-state index contributed by atoms with van der Waals surface area (Å²) in [7, 11) is 1.50. The molecule has 1 amide bonds. The molecule has 4 N–H and O–H groups in total. The normalized spacial score (nSPS) is 11.0. The minimum absolute atomic E-state index is 0.0431. The fourth-order valence-corrected chi connectivity index (χ4v) is 3.59. The highest BCUT2D eigenvalue weighted by atomic mass is 79.9. The van der Waals surface area contributed by atoms with Crippen molar-refractivity contribution in [1.29, 1.82) is 0 Å². The number of ether oxygens (including phenoxy) is 1. The number of rotatable bonds is 9. The third-order valence-corrected chi connectivity index (χ3v) is 5.06. The molecular formula is C20H28BrN5O4. The highest BCUT2D eigenvalue weighted by Crippen LogP contribution is 2.23. The van der Waals surface area contributed by atoms with Crippen LogP contribution in [0.15, 0.2) is 32.3 Å². The van der Waals surface area contributed by atoms with Crippen LogP contribution in [-0.4, -0.2) is 42.3 Å². The van der Waals surface area contributed by atoms with Crippen LogP contribution in [0.5, 0.6) is 0 Å². The third-order valence-electron chi connectivity index (χ3n) is 4.41. The van der Waals surface area contributed by atoms with Crippen molar-refractivity contribution in [2.45, 2.75) is 27.3 Å². The minimum atomic E-state index is -0.710. The zero-order valence-electron chi connectivity index (χ0n) is 17.6. The van der Waals surface area contributed by atoms with E-state index in [0.29, 0.717) is 6.54 Å². The number of halogens is 1. The number of carbonyl (C=O) groups is 1. The number of nitrogens with two attached hydrogens (primary N) is 1. The first kappa shape index (κ1) is 23.7. The first-order valence-electron chi connectivity index (χ1n) is 9.57. The molecule has 0 aliphatic heterocycles. The molecule has 1 aromatic carbocycles. The fourth-order valence-electron chi connectivity index (χ4n) is 2.96. The number of nitrogen functional groups attached to an aromatic ring is 1. The van der Waals surface area contributed by atoms with Crippen LogP contribution in [0.2, 0.25) is 0 Å². The molecule has 30 heavy (non-hydrogen) atoms. The molecule has 0 atom stereocenters. The maximum absolute atomic E-state index is 13.0. The highest BCUT2D eigenvalue weighted by molar-refractivity contribution is 9.10. The second-order valence-electron chi connectivity index (χ2n) is 7.37. The van der Waals surface area contributed by atoms with E-state index in [0.717, 1.165) is 15.7 Å². The molecule has 0 saturated heterocycles. The van der Waals surface area contributed by atoms with Crippen molar-refractivity contribution in [3.63, 3.8) is 0 Å². The van der Waals surface area contributed by atoms with E-state index in [1.165, 1.54) is 16.6 Å². The molecule has 0 aliphatic carbocycles. The van der Waals surface area contributed by atoms with Gasteiger partial charge in [0.05, 0.1) is 13.2 Å². The van der Waals surface area contributed by atoms with E-state index >= 15 is 0 Å². The van der Waals surface area contributed by atoms with Gasteiger partial charge in [-0.25, -0.2) is 4.79 Å². The number of hydrogen-bond acceptors (Lipinski definition) is 6.